The number of oxazole rings is 1. The Morgan fingerprint density at radius 1 is 1.22 bits per heavy atom. The first-order valence-electron chi connectivity index (χ1n) is 5.36. The highest BCUT2D eigenvalue weighted by atomic mass is 16.5. The van der Waals surface area contributed by atoms with Crippen molar-refractivity contribution >= 4 is 5.97 Å². The molecule has 0 N–H and O–H groups in total. The number of rotatable bonds is 3. The van der Waals surface area contributed by atoms with Crippen LogP contribution in [0.25, 0.3) is 11.5 Å². The molecule has 5 nitrogen and oxygen atoms in total. The molecule has 0 amide bonds. The van der Waals surface area contributed by atoms with Crippen LogP contribution in [-0.2, 0) is 4.74 Å². The Balaban J connectivity index is 2.36. The van der Waals surface area contributed by atoms with E-state index in [0.29, 0.717) is 11.7 Å². The average Bonchev–Trinajstić information content (AvgIpc) is 2.80. The molecule has 0 aliphatic heterocycles. The lowest BCUT2D eigenvalue weighted by Crippen LogP contribution is -2.03. The molecule has 0 radical (unpaired) electrons. The highest BCUT2D eigenvalue weighted by Gasteiger charge is 2.18. The summed E-state index contributed by atoms with van der Waals surface area (Å²) in [6, 6.07) is 7.22. The Morgan fingerprint density at radius 3 is 2.44 bits per heavy atom. The molecule has 0 saturated carbocycles. The fourth-order valence-electron chi connectivity index (χ4n) is 1.54. The van der Waals surface area contributed by atoms with Gasteiger partial charge >= 0.3 is 5.97 Å². The van der Waals surface area contributed by atoms with Crippen molar-refractivity contribution in [1.29, 1.82) is 0 Å². The van der Waals surface area contributed by atoms with Crippen molar-refractivity contribution in [1.82, 2.24) is 4.98 Å². The Hall–Kier alpha value is -2.30. The van der Waals surface area contributed by atoms with Crippen LogP contribution in [0.15, 0.2) is 28.7 Å². The van der Waals surface area contributed by atoms with E-state index in [4.69, 9.17) is 9.15 Å². The zero-order valence-electron chi connectivity index (χ0n) is 10.4. The second kappa shape index (κ2) is 4.91. The van der Waals surface area contributed by atoms with Crippen LogP contribution in [-0.4, -0.2) is 25.2 Å². The normalized spacial score (nSPS) is 10.2. The van der Waals surface area contributed by atoms with Crippen molar-refractivity contribution in [3.63, 3.8) is 0 Å². The lowest BCUT2D eigenvalue weighted by Gasteiger charge is -1.99. The maximum Gasteiger partial charge on any atom is 0.360 e. The number of aromatic nitrogens is 1. The maximum atomic E-state index is 11.4. The van der Waals surface area contributed by atoms with Gasteiger partial charge in [0.1, 0.15) is 11.5 Å². The molecular weight excluding hydrogens is 234 g/mol. The number of methoxy groups -OCH3 is 2. The Morgan fingerprint density at radius 2 is 1.89 bits per heavy atom. The van der Waals surface area contributed by atoms with Crippen molar-refractivity contribution in [2.24, 2.45) is 0 Å². The topological polar surface area (TPSA) is 61.6 Å². The van der Waals surface area contributed by atoms with E-state index in [1.807, 2.05) is 12.1 Å². The molecule has 0 atom stereocenters. The van der Waals surface area contributed by atoms with Gasteiger partial charge < -0.3 is 13.9 Å². The van der Waals surface area contributed by atoms with Crippen molar-refractivity contribution in [3.05, 3.63) is 35.7 Å². The number of esters is 1. The van der Waals surface area contributed by atoms with E-state index >= 15 is 0 Å². The summed E-state index contributed by atoms with van der Waals surface area (Å²) in [5.41, 5.74) is 0.970. The molecule has 5 heteroatoms. The van der Waals surface area contributed by atoms with E-state index in [1.54, 1.807) is 26.2 Å². The molecule has 2 rings (SSSR count). The first-order chi connectivity index (χ1) is 8.65. The van der Waals surface area contributed by atoms with Crippen molar-refractivity contribution in [2.75, 3.05) is 14.2 Å². The lowest BCUT2D eigenvalue weighted by atomic mass is 10.2. The van der Waals surface area contributed by atoms with Crippen LogP contribution in [0.5, 0.6) is 5.75 Å². The fourth-order valence-corrected chi connectivity index (χ4v) is 1.54. The Bertz CT molecular complexity index is 557. The number of hydrogen-bond acceptors (Lipinski definition) is 5. The van der Waals surface area contributed by atoms with Gasteiger partial charge in [0.2, 0.25) is 5.89 Å². The van der Waals surface area contributed by atoms with Gasteiger partial charge in [-0.05, 0) is 31.2 Å². The number of aryl methyl sites for hydroxylation is 1. The van der Waals surface area contributed by atoms with Gasteiger partial charge in [-0.1, -0.05) is 0 Å². The summed E-state index contributed by atoms with van der Waals surface area (Å²) >= 11 is 0. The molecule has 1 aromatic heterocycles. The van der Waals surface area contributed by atoms with E-state index in [9.17, 15) is 4.79 Å². The maximum absolute atomic E-state index is 11.4. The lowest BCUT2D eigenvalue weighted by molar-refractivity contribution is 0.0593. The molecule has 0 bridgehead atoms. The van der Waals surface area contributed by atoms with E-state index in [2.05, 4.69) is 9.72 Å². The molecule has 0 aliphatic carbocycles. The highest BCUT2D eigenvalue weighted by Crippen LogP contribution is 2.24. The summed E-state index contributed by atoms with van der Waals surface area (Å²) < 4.78 is 15.1. The van der Waals surface area contributed by atoms with Gasteiger partial charge in [-0.15, -0.1) is 0 Å². The second-order valence-electron chi connectivity index (χ2n) is 3.64. The van der Waals surface area contributed by atoms with Crippen LogP contribution in [0.2, 0.25) is 0 Å². The summed E-state index contributed by atoms with van der Waals surface area (Å²) in [5.74, 6) is 1.06. The van der Waals surface area contributed by atoms with Crippen LogP contribution in [0.1, 0.15) is 16.2 Å². The number of carbonyl (C=O) groups excluding carboxylic acids is 1. The molecule has 2 aromatic rings. The molecule has 0 unspecified atom stereocenters. The predicted octanol–water partition coefficient (Wildman–Crippen LogP) is 2.45. The Labute approximate surface area is 104 Å². The SMILES string of the molecule is COC(=O)c1nc(-c2ccc(OC)cc2)oc1C. The van der Waals surface area contributed by atoms with Gasteiger partial charge in [0, 0.05) is 5.56 Å². The van der Waals surface area contributed by atoms with Crippen molar-refractivity contribution < 1.29 is 18.7 Å². The molecule has 0 saturated heterocycles. The van der Waals surface area contributed by atoms with Gasteiger partial charge in [0.25, 0.3) is 0 Å². The van der Waals surface area contributed by atoms with Gasteiger partial charge in [-0.2, -0.15) is 0 Å². The summed E-state index contributed by atoms with van der Waals surface area (Å²) in [6.07, 6.45) is 0. The molecule has 0 aliphatic rings. The van der Waals surface area contributed by atoms with E-state index in [0.717, 1.165) is 11.3 Å². The zero-order valence-corrected chi connectivity index (χ0v) is 10.4. The van der Waals surface area contributed by atoms with Crippen LogP contribution < -0.4 is 4.74 Å². The minimum absolute atomic E-state index is 0.198. The third-order valence-electron chi connectivity index (χ3n) is 2.51. The third-order valence-corrected chi connectivity index (χ3v) is 2.51. The standard InChI is InChI=1S/C13H13NO4/c1-8-11(13(15)17-3)14-12(18-8)9-4-6-10(16-2)7-5-9/h4-7H,1-3H3. The molecule has 18 heavy (non-hydrogen) atoms. The van der Waals surface area contributed by atoms with Gasteiger partial charge in [-0.3, -0.25) is 0 Å². The third kappa shape index (κ3) is 2.20. The number of ether oxygens (including phenoxy) is 2. The minimum Gasteiger partial charge on any atom is -0.497 e. The molecule has 94 valence electrons. The van der Waals surface area contributed by atoms with Crippen LogP contribution in [0, 0.1) is 6.92 Å². The monoisotopic (exact) mass is 247 g/mol. The number of benzene rings is 1. The quantitative estimate of drug-likeness (QED) is 0.779. The summed E-state index contributed by atoms with van der Waals surface area (Å²) in [7, 11) is 2.91. The molecule has 0 spiro atoms. The summed E-state index contributed by atoms with van der Waals surface area (Å²) in [5, 5.41) is 0. The van der Waals surface area contributed by atoms with Crippen LogP contribution in [0.4, 0.5) is 0 Å². The van der Waals surface area contributed by atoms with Crippen molar-refractivity contribution in [2.45, 2.75) is 6.92 Å². The molecule has 1 heterocycles. The fraction of sp³-hybridized carbons (Fsp3) is 0.231. The largest absolute Gasteiger partial charge is 0.497 e. The molecule has 0 fully saturated rings. The Kier molecular flexibility index (Phi) is 3.32. The summed E-state index contributed by atoms with van der Waals surface area (Å²) in [6.45, 7) is 1.67. The first-order valence-corrected chi connectivity index (χ1v) is 5.36. The van der Waals surface area contributed by atoms with Gasteiger partial charge in [-0.25, -0.2) is 9.78 Å². The van der Waals surface area contributed by atoms with Crippen LogP contribution >= 0.6 is 0 Å². The molecule has 1 aromatic carbocycles. The van der Waals surface area contributed by atoms with E-state index < -0.39 is 5.97 Å². The minimum atomic E-state index is -0.504. The smallest absolute Gasteiger partial charge is 0.360 e. The predicted molar refractivity (Wildman–Crippen MR) is 64.6 cm³/mol. The van der Waals surface area contributed by atoms with Gasteiger partial charge in [0.15, 0.2) is 5.69 Å². The number of nitrogens with zero attached hydrogens (tertiary/aromatic N) is 1. The highest BCUT2D eigenvalue weighted by molar-refractivity contribution is 5.88. The van der Waals surface area contributed by atoms with E-state index in [1.165, 1.54) is 7.11 Å². The van der Waals surface area contributed by atoms with Crippen molar-refractivity contribution in [3.8, 4) is 17.2 Å². The van der Waals surface area contributed by atoms with E-state index in [-0.39, 0.29) is 5.69 Å². The average molecular weight is 247 g/mol. The first kappa shape index (κ1) is 12.2. The zero-order chi connectivity index (χ0) is 13.1. The summed E-state index contributed by atoms with van der Waals surface area (Å²) in [4.78, 5) is 15.5. The number of hydrogen-bond donors (Lipinski definition) is 0. The van der Waals surface area contributed by atoms with Crippen LogP contribution in [0.3, 0.4) is 0 Å². The second-order valence-corrected chi connectivity index (χ2v) is 3.64. The van der Waals surface area contributed by atoms with Gasteiger partial charge in [0.05, 0.1) is 14.2 Å². The number of carbonyl (C=O) groups is 1. The molecular formula is C13H13NO4.